The Labute approximate surface area is 201 Å². The maximum Gasteiger partial charge on any atom is 0.337 e. The van der Waals surface area contributed by atoms with E-state index in [1.54, 1.807) is 28.0 Å². The van der Waals surface area contributed by atoms with Crippen LogP contribution in [0.3, 0.4) is 0 Å². The first-order valence-corrected chi connectivity index (χ1v) is 11.2. The number of anilines is 1. The molecule has 0 radical (unpaired) electrons. The summed E-state index contributed by atoms with van der Waals surface area (Å²) in [6, 6.07) is 13.8. The van der Waals surface area contributed by atoms with Gasteiger partial charge in [0.25, 0.3) is 5.91 Å². The largest absolute Gasteiger partial charge is 0.466 e. The topological polar surface area (TPSA) is 96.4 Å². The summed E-state index contributed by atoms with van der Waals surface area (Å²) in [4.78, 5) is 43.9. The zero-order valence-corrected chi connectivity index (χ0v) is 19.4. The fourth-order valence-electron chi connectivity index (χ4n) is 5.57. The molecule has 1 fully saturated rings. The van der Waals surface area contributed by atoms with Gasteiger partial charge in [-0.15, -0.1) is 0 Å². The molecule has 9 heteroatoms. The predicted molar refractivity (Wildman–Crippen MR) is 123 cm³/mol. The van der Waals surface area contributed by atoms with Crippen molar-refractivity contribution in [2.75, 3.05) is 25.7 Å². The maximum atomic E-state index is 14.4. The number of aliphatic hydroxyl groups is 1. The lowest BCUT2D eigenvalue weighted by molar-refractivity contribution is -0.141. The number of benzene rings is 2. The zero-order chi connectivity index (χ0) is 24.2. The van der Waals surface area contributed by atoms with Gasteiger partial charge in [0.1, 0.15) is 0 Å². The Balaban J connectivity index is 1.80. The van der Waals surface area contributed by atoms with E-state index in [2.05, 4.69) is 0 Å². The number of amides is 1. The van der Waals surface area contributed by atoms with Crippen molar-refractivity contribution in [2.24, 2.45) is 0 Å². The van der Waals surface area contributed by atoms with E-state index in [-0.39, 0.29) is 30.7 Å². The molecule has 0 unspecified atom stereocenters. The molecule has 2 aromatic rings. The zero-order valence-electron chi connectivity index (χ0n) is 18.7. The Morgan fingerprint density at radius 2 is 1.82 bits per heavy atom. The number of rotatable bonds is 4. The number of carbonyl (C=O) groups excluding carboxylic acids is 3. The second-order valence-electron chi connectivity index (χ2n) is 8.58. The molecule has 1 spiro atoms. The van der Waals surface area contributed by atoms with Crippen LogP contribution in [-0.4, -0.2) is 60.8 Å². The first kappa shape index (κ1) is 22.6. The first-order valence-electron chi connectivity index (χ1n) is 10.9. The molecule has 2 aromatic carbocycles. The highest BCUT2D eigenvalue weighted by Gasteiger charge is 2.68. The number of fused-ring (bicyclic) bond motifs is 4. The summed E-state index contributed by atoms with van der Waals surface area (Å²) in [5, 5.41) is 10.9. The van der Waals surface area contributed by atoms with Crippen molar-refractivity contribution >= 4 is 35.1 Å². The SMILES string of the molecule is COC(=O)C1=C(C(=O)OC)[C@]2(C(=O)N(Cc3ccccc3)c3ccc(Cl)cc32)N2C[C@H](O)C[C@@H]12. The Morgan fingerprint density at radius 1 is 1.12 bits per heavy atom. The van der Waals surface area contributed by atoms with Gasteiger partial charge >= 0.3 is 11.9 Å². The van der Waals surface area contributed by atoms with Crippen LogP contribution in [0.25, 0.3) is 0 Å². The van der Waals surface area contributed by atoms with E-state index in [0.717, 1.165) is 5.56 Å². The average Bonchev–Trinajstić information content (AvgIpc) is 3.42. The van der Waals surface area contributed by atoms with Gasteiger partial charge in [-0.2, -0.15) is 0 Å². The van der Waals surface area contributed by atoms with E-state index < -0.39 is 35.5 Å². The van der Waals surface area contributed by atoms with Crippen LogP contribution in [0.5, 0.6) is 0 Å². The smallest absolute Gasteiger partial charge is 0.337 e. The summed E-state index contributed by atoms with van der Waals surface area (Å²) in [7, 11) is 2.42. The van der Waals surface area contributed by atoms with Gasteiger partial charge < -0.3 is 19.5 Å². The van der Waals surface area contributed by atoms with Crippen LogP contribution in [0, 0.1) is 0 Å². The Hall–Kier alpha value is -3.20. The van der Waals surface area contributed by atoms with Crippen molar-refractivity contribution in [3.05, 3.63) is 75.8 Å². The fourth-order valence-corrected chi connectivity index (χ4v) is 5.74. The van der Waals surface area contributed by atoms with Gasteiger partial charge in [-0.25, -0.2) is 9.59 Å². The molecule has 5 rings (SSSR count). The summed E-state index contributed by atoms with van der Waals surface area (Å²) in [5.74, 6) is -1.95. The summed E-state index contributed by atoms with van der Waals surface area (Å²) in [5.41, 5.74) is 0.217. The predicted octanol–water partition coefficient (Wildman–Crippen LogP) is 2.17. The van der Waals surface area contributed by atoms with E-state index >= 15 is 0 Å². The number of aliphatic hydroxyl groups excluding tert-OH is 1. The second-order valence-corrected chi connectivity index (χ2v) is 9.01. The van der Waals surface area contributed by atoms with Crippen LogP contribution >= 0.6 is 11.6 Å². The quantitative estimate of drug-likeness (QED) is 0.667. The minimum absolute atomic E-state index is 0.0340. The van der Waals surface area contributed by atoms with Gasteiger partial charge in [0.2, 0.25) is 0 Å². The molecular weight excluding hydrogens is 460 g/mol. The average molecular weight is 483 g/mol. The van der Waals surface area contributed by atoms with E-state index in [1.165, 1.54) is 14.2 Å². The van der Waals surface area contributed by atoms with E-state index in [1.807, 2.05) is 30.3 Å². The van der Waals surface area contributed by atoms with Gasteiger partial charge in [-0.1, -0.05) is 41.9 Å². The number of hydrogen-bond acceptors (Lipinski definition) is 7. The highest BCUT2D eigenvalue weighted by molar-refractivity contribution is 6.31. The molecular formula is C25H23ClN2O6. The Morgan fingerprint density at radius 3 is 2.50 bits per heavy atom. The molecule has 0 aromatic heterocycles. The number of carbonyl (C=O) groups is 3. The van der Waals surface area contributed by atoms with Crippen LogP contribution < -0.4 is 4.90 Å². The van der Waals surface area contributed by atoms with Crippen LogP contribution in [0.15, 0.2) is 59.7 Å². The van der Waals surface area contributed by atoms with Crippen molar-refractivity contribution < 1.29 is 29.0 Å². The molecule has 0 bridgehead atoms. The third-order valence-corrected chi connectivity index (χ3v) is 7.08. The van der Waals surface area contributed by atoms with E-state index in [0.29, 0.717) is 16.3 Å². The van der Waals surface area contributed by atoms with Crippen molar-refractivity contribution in [1.82, 2.24) is 4.90 Å². The van der Waals surface area contributed by atoms with Gasteiger partial charge in [-0.05, 0) is 30.2 Å². The number of esters is 2. The number of nitrogens with zero attached hydrogens (tertiary/aromatic N) is 2. The minimum Gasteiger partial charge on any atom is -0.466 e. The Bertz CT molecular complexity index is 1230. The molecule has 1 saturated heterocycles. The number of hydrogen-bond donors (Lipinski definition) is 1. The molecule has 0 aliphatic carbocycles. The highest BCUT2D eigenvalue weighted by Crippen LogP contribution is 2.57. The number of halogens is 1. The molecule has 0 saturated carbocycles. The van der Waals surface area contributed by atoms with Gasteiger partial charge in [0.05, 0.1) is 43.7 Å². The van der Waals surface area contributed by atoms with Crippen LogP contribution in [-0.2, 0) is 35.9 Å². The van der Waals surface area contributed by atoms with Gasteiger partial charge in [0.15, 0.2) is 5.54 Å². The minimum atomic E-state index is -1.67. The molecule has 3 aliphatic rings. The lowest BCUT2D eigenvalue weighted by atomic mass is 9.82. The molecule has 176 valence electrons. The molecule has 34 heavy (non-hydrogen) atoms. The maximum absolute atomic E-state index is 14.4. The van der Waals surface area contributed by atoms with Crippen molar-refractivity contribution in [2.45, 2.75) is 30.7 Å². The fraction of sp³-hybridized carbons (Fsp3) is 0.320. The molecule has 8 nitrogen and oxygen atoms in total. The van der Waals surface area contributed by atoms with Gasteiger partial charge in [0, 0.05) is 23.2 Å². The third-order valence-electron chi connectivity index (χ3n) is 6.85. The molecule has 3 aliphatic heterocycles. The standard InChI is InChI=1S/C25H23ClN2O6/c1-33-22(30)20-19-11-16(29)13-28(19)25(21(20)23(31)34-2)17-10-15(26)8-9-18(17)27(24(25)32)12-14-6-4-3-5-7-14/h3-10,16,19,29H,11-13H2,1-2H3/t16-,19+,25-/m1/s1. The molecule has 3 atom stereocenters. The second kappa shape index (κ2) is 8.23. The van der Waals surface area contributed by atoms with E-state index in [4.69, 9.17) is 21.1 Å². The lowest BCUT2D eigenvalue weighted by Crippen LogP contribution is -2.53. The monoisotopic (exact) mass is 482 g/mol. The summed E-state index contributed by atoms with van der Waals surface area (Å²) in [6.07, 6.45) is -0.617. The van der Waals surface area contributed by atoms with Crippen molar-refractivity contribution in [1.29, 1.82) is 0 Å². The summed E-state index contributed by atoms with van der Waals surface area (Å²) in [6.45, 7) is 0.335. The van der Waals surface area contributed by atoms with E-state index in [9.17, 15) is 19.5 Å². The lowest BCUT2D eigenvalue weighted by Gasteiger charge is -2.35. The van der Waals surface area contributed by atoms with Crippen LogP contribution in [0.4, 0.5) is 5.69 Å². The summed E-state index contributed by atoms with van der Waals surface area (Å²) >= 11 is 6.38. The third kappa shape index (κ3) is 3.02. The molecule has 1 amide bonds. The van der Waals surface area contributed by atoms with Gasteiger partial charge in [-0.3, -0.25) is 9.69 Å². The normalized spacial score (nSPS) is 25.6. The van der Waals surface area contributed by atoms with Crippen LogP contribution in [0.2, 0.25) is 5.02 Å². The Kier molecular flexibility index (Phi) is 5.47. The van der Waals surface area contributed by atoms with Crippen molar-refractivity contribution in [3.63, 3.8) is 0 Å². The molecule has 3 heterocycles. The summed E-state index contributed by atoms with van der Waals surface area (Å²) < 4.78 is 10.1. The number of ether oxygens (including phenoxy) is 2. The highest BCUT2D eigenvalue weighted by atomic mass is 35.5. The van der Waals surface area contributed by atoms with Crippen LogP contribution in [0.1, 0.15) is 17.5 Å². The molecule has 1 N–H and O–H groups in total. The first-order chi connectivity index (χ1) is 16.3. The van der Waals surface area contributed by atoms with Crippen molar-refractivity contribution in [3.8, 4) is 0 Å². The number of methoxy groups -OCH3 is 2.